The molecule has 1 heterocycles. The molecule has 1 unspecified atom stereocenters. The highest BCUT2D eigenvalue weighted by Crippen LogP contribution is 2.19. The van der Waals surface area contributed by atoms with Crippen LogP contribution in [0, 0.1) is 0 Å². The molecule has 1 aromatic rings. The number of amides is 1. The SMILES string of the molecule is CCc1ccc(C(=O)N(C)C(C)CC(N)=NO)s1. The number of aryl methyl sites for hydroxylation is 1. The smallest absolute Gasteiger partial charge is 0.263 e. The fraction of sp³-hybridized carbons (Fsp3) is 0.500. The predicted molar refractivity (Wildman–Crippen MR) is 73.3 cm³/mol. The summed E-state index contributed by atoms with van der Waals surface area (Å²) in [5, 5.41) is 11.4. The molecule has 6 heteroatoms. The van der Waals surface area contributed by atoms with Gasteiger partial charge < -0.3 is 15.8 Å². The van der Waals surface area contributed by atoms with Crippen molar-refractivity contribution in [1.82, 2.24) is 4.90 Å². The van der Waals surface area contributed by atoms with E-state index >= 15 is 0 Å². The van der Waals surface area contributed by atoms with Gasteiger partial charge in [0.1, 0.15) is 5.84 Å². The van der Waals surface area contributed by atoms with Crippen LogP contribution < -0.4 is 5.73 Å². The molecule has 3 N–H and O–H groups in total. The van der Waals surface area contributed by atoms with Gasteiger partial charge in [0.05, 0.1) is 4.88 Å². The van der Waals surface area contributed by atoms with Gasteiger partial charge in [0.15, 0.2) is 0 Å². The maximum absolute atomic E-state index is 12.2. The van der Waals surface area contributed by atoms with E-state index < -0.39 is 0 Å². The third-order valence-corrected chi connectivity index (χ3v) is 4.05. The lowest BCUT2D eigenvalue weighted by Crippen LogP contribution is -2.37. The number of rotatable bonds is 5. The van der Waals surface area contributed by atoms with Crippen LogP contribution >= 0.6 is 11.3 Å². The van der Waals surface area contributed by atoms with Crippen LogP contribution in [0.25, 0.3) is 0 Å². The molecule has 0 aliphatic rings. The van der Waals surface area contributed by atoms with Gasteiger partial charge in [0.2, 0.25) is 0 Å². The summed E-state index contributed by atoms with van der Waals surface area (Å²) in [7, 11) is 1.73. The largest absolute Gasteiger partial charge is 0.409 e. The number of hydrogen-bond acceptors (Lipinski definition) is 4. The number of amidine groups is 1. The summed E-state index contributed by atoms with van der Waals surface area (Å²) in [5.74, 6) is 0.0977. The zero-order chi connectivity index (χ0) is 13.7. The van der Waals surface area contributed by atoms with E-state index in [0.29, 0.717) is 6.42 Å². The maximum Gasteiger partial charge on any atom is 0.263 e. The Bertz CT molecular complexity index is 442. The van der Waals surface area contributed by atoms with Gasteiger partial charge in [-0.1, -0.05) is 12.1 Å². The van der Waals surface area contributed by atoms with E-state index in [1.54, 1.807) is 11.9 Å². The molecule has 0 fully saturated rings. The van der Waals surface area contributed by atoms with E-state index in [4.69, 9.17) is 10.9 Å². The van der Waals surface area contributed by atoms with Gasteiger partial charge in [-0.2, -0.15) is 0 Å². The minimum absolute atomic E-state index is 0.0297. The molecule has 100 valence electrons. The van der Waals surface area contributed by atoms with Crippen LogP contribution in [0.4, 0.5) is 0 Å². The molecule has 1 aromatic heterocycles. The van der Waals surface area contributed by atoms with Gasteiger partial charge in [0, 0.05) is 24.4 Å². The fourth-order valence-electron chi connectivity index (χ4n) is 1.54. The molecular formula is C12H19N3O2S. The second-order valence-corrected chi connectivity index (χ2v) is 5.35. The topological polar surface area (TPSA) is 78.9 Å². The number of hydrogen-bond donors (Lipinski definition) is 2. The zero-order valence-corrected chi connectivity index (χ0v) is 11.7. The van der Waals surface area contributed by atoms with Crippen molar-refractivity contribution in [1.29, 1.82) is 0 Å². The fourth-order valence-corrected chi connectivity index (χ4v) is 2.47. The number of thiophene rings is 1. The number of carbonyl (C=O) groups is 1. The summed E-state index contributed by atoms with van der Waals surface area (Å²) < 4.78 is 0. The standard InChI is InChI=1S/C12H19N3O2S/c1-4-9-5-6-10(18-9)12(16)15(3)8(2)7-11(13)14-17/h5-6,8,17H,4,7H2,1-3H3,(H2,13,14). The predicted octanol–water partition coefficient (Wildman–Crippen LogP) is 1.91. The molecular weight excluding hydrogens is 250 g/mol. The third-order valence-electron chi connectivity index (χ3n) is 2.84. The lowest BCUT2D eigenvalue weighted by atomic mass is 10.2. The minimum atomic E-state index is -0.111. The van der Waals surface area contributed by atoms with E-state index in [2.05, 4.69) is 12.1 Å². The van der Waals surface area contributed by atoms with Crippen molar-refractivity contribution >= 4 is 23.1 Å². The van der Waals surface area contributed by atoms with Crippen molar-refractivity contribution in [3.8, 4) is 0 Å². The Morgan fingerprint density at radius 1 is 1.61 bits per heavy atom. The first-order chi connectivity index (χ1) is 8.49. The van der Waals surface area contributed by atoms with Crippen LogP contribution in [0.2, 0.25) is 0 Å². The lowest BCUT2D eigenvalue weighted by Gasteiger charge is -2.23. The molecule has 1 atom stereocenters. The molecule has 0 radical (unpaired) electrons. The Labute approximate surface area is 111 Å². The van der Waals surface area contributed by atoms with Crippen LogP contribution in [0.3, 0.4) is 0 Å². The number of nitrogens with zero attached hydrogens (tertiary/aromatic N) is 2. The van der Waals surface area contributed by atoms with Gasteiger partial charge >= 0.3 is 0 Å². The first-order valence-electron chi connectivity index (χ1n) is 5.81. The molecule has 0 saturated carbocycles. The lowest BCUT2D eigenvalue weighted by molar-refractivity contribution is 0.0752. The van der Waals surface area contributed by atoms with Gasteiger partial charge in [-0.05, 0) is 25.5 Å². The number of nitrogens with two attached hydrogens (primary N) is 1. The Kier molecular flexibility index (Phi) is 5.15. The number of oxime groups is 1. The van der Waals surface area contributed by atoms with Crippen LogP contribution in [0.1, 0.15) is 34.8 Å². The van der Waals surface area contributed by atoms with Crippen molar-refractivity contribution in [3.05, 3.63) is 21.9 Å². The maximum atomic E-state index is 12.2. The Morgan fingerprint density at radius 2 is 2.28 bits per heavy atom. The van der Waals surface area contributed by atoms with Crippen LogP contribution in [0.5, 0.6) is 0 Å². The second kappa shape index (κ2) is 6.39. The van der Waals surface area contributed by atoms with Crippen molar-refractivity contribution in [3.63, 3.8) is 0 Å². The Hall–Kier alpha value is -1.56. The van der Waals surface area contributed by atoms with Crippen molar-refractivity contribution in [2.45, 2.75) is 32.7 Å². The minimum Gasteiger partial charge on any atom is -0.409 e. The zero-order valence-electron chi connectivity index (χ0n) is 10.9. The summed E-state index contributed by atoms with van der Waals surface area (Å²) in [5.41, 5.74) is 5.44. The van der Waals surface area contributed by atoms with E-state index in [9.17, 15) is 4.79 Å². The van der Waals surface area contributed by atoms with E-state index in [-0.39, 0.29) is 17.8 Å². The van der Waals surface area contributed by atoms with Gasteiger partial charge in [-0.25, -0.2) is 0 Å². The molecule has 0 aliphatic carbocycles. The average molecular weight is 269 g/mol. The van der Waals surface area contributed by atoms with Crippen LogP contribution in [0.15, 0.2) is 17.3 Å². The van der Waals surface area contributed by atoms with Crippen LogP contribution in [-0.4, -0.2) is 34.9 Å². The van der Waals surface area contributed by atoms with Crippen molar-refractivity contribution < 1.29 is 10.0 Å². The van der Waals surface area contributed by atoms with Gasteiger partial charge in [-0.3, -0.25) is 4.79 Å². The first kappa shape index (κ1) is 14.5. The van der Waals surface area contributed by atoms with Crippen LogP contribution in [-0.2, 0) is 6.42 Å². The first-order valence-corrected chi connectivity index (χ1v) is 6.63. The molecule has 0 saturated heterocycles. The molecule has 0 aromatic carbocycles. The van der Waals surface area contributed by atoms with E-state index in [1.807, 2.05) is 19.1 Å². The highest BCUT2D eigenvalue weighted by molar-refractivity contribution is 7.14. The van der Waals surface area contributed by atoms with Gasteiger partial charge in [-0.15, -0.1) is 11.3 Å². The summed E-state index contributed by atoms with van der Waals surface area (Å²) in [6.07, 6.45) is 1.28. The highest BCUT2D eigenvalue weighted by Gasteiger charge is 2.19. The van der Waals surface area contributed by atoms with Crippen molar-refractivity contribution in [2.24, 2.45) is 10.9 Å². The summed E-state index contributed by atoms with van der Waals surface area (Å²) in [4.78, 5) is 15.7. The molecule has 0 aliphatic heterocycles. The average Bonchev–Trinajstić information content (AvgIpc) is 2.85. The molecule has 0 bridgehead atoms. The molecule has 5 nitrogen and oxygen atoms in total. The monoisotopic (exact) mass is 269 g/mol. The molecule has 1 rings (SSSR count). The Balaban J connectivity index is 2.71. The molecule has 1 amide bonds. The van der Waals surface area contributed by atoms with Gasteiger partial charge in [0.25, 0.3) is 5.91 Å². The third kappa shape index (κ3) is 3.46. The van der Waals surface area contributed by atoms with Crippen molar-refractivity contribution in [2.75, 3.05) is 7.05 Å². The quantitative estimate of drug-likeness (QED) is 0.371. The second-order valence-electron chi connectivity index (χ2n) is 4.18. The Morgan fingerprint density at radius 3 is 2.78 bits per heavy atom. The summed E-state index contributed by atoms with van der Waals surface area (Å²) in [6, 6.07) is 3.71. The summed E-state index contributed by atoms with van der Waals surface area (Å²) >= 11 is 1.51. The summed E-state index contributed by atoms with van der Waals surface area (Å²) in [6.45, 7) is 3.93. The van der Waals surface area contributed by atoms with E-state index in [1.165, 1.54) is 16.2 Å². The molecule has 18 heavy (non-hydrogen) atoms. The molecule has 0 spiro atoms. The number of carbonyl (C=O) groups excluding carboxylic acids is 1. The van der Waals surface area contributed by atoms with E-state index in [0.717, 1.165) is 11.3 Å². The highest BCUT2D eigenvalue weighted by atomic mass is 32.1. The normalized spacial score (nSPS) is 13.4.